The van der Waals surface area contributed by atoms with Gasteiger partial charge in [-0.25, -0.2) is 4.79 Å². The molecule has 3 atom stereocenters. The Hall–Kier alpha value is -1.85. The Labute approximate surface area is 141 Å². The second kappa shape index (κ2) is 5.60. The average molecular weight is 332 g/mol. The maximum absolute atomic E-state index is 12.6. The smallest absolute Gasteiger partial charge is 0.343 e. The zero-order valence-electron chi connectivity index (χ0n) is 14.8. The van der Waals surface area contributed by atoms with Gasteiger partial charge >= 0.3 is 5.63 Å². The van der Waals surface area contributed by atoms with E-state index in [0.29, 0.717) is 28.7 Å². The van der Waals surface area contributed by atoms with Gasteiger partial charge in [0.2, 0.25) is 6.29 Å². The molecule has 1 aromatic carbocycles. The first-order chi connectivity index (χ1) is 11.1. The minimum atomic E-state index is -0.811. The molecule has 24 heavy (non-hydrogen) atoms. The Balaban J connectivity index is 2.24. The molecule has 0 radical (unpaired) electrons. The third-order valence-corrected chi connectivity index (χ3v) is 4.58. The molecule has 2 heterocycles. The topological polar surface area (TPSA) is 68.9 Å². The Morgan fingerprint density at radius 2 is 2.00 bits per heavy atom. The lowest BCUT2D eigenvalue weighted by atomic mass is 9.73. The van der Waals surface area contributed by atoms with Crippen LogP contribution in [0.2, 0.25) is 0 Å². The van der Waals surface area contributed by atoms with E-state index in [4.69, 9.17) is 13.9 Å². The van der Waals surface area contributed by atoms with Crippen LogP contribution >= 0.6 is 0 Å². The summed E-state index contributed by atoms with van der Waals surface area (Å²) in [4.78, 5) is 12.6. The summed E-state index contributed by atoms with van der Waals surface area (Å²) < 4.78 is 17.5. The molecule has 0 saturated heterocycles. The van der Waals surface area contributed by atoms with Crippen molar-refractivity contribution < 1.29 is 19.0 Å². The molecule has 1 N–H and O–H groups in total. The number of hydrogen-bond acceptors (Lipinski definition) is 5. The molecule has 0 bridgehead atoms. The van der Waals surface area contributed by atoms with Gasteiger partial charge in [-0.1, -0.05) is 19.1 Å². The van der Waals surface area contributed by atoms with Gasteiger partial charge in [-0.15, -0.1) is 0 Å². The zero-order chi connectivity index (χ0) is 17.7. The van der Waals surface area contributed by atoms with E-state index in [0.717, 1.165) is 0 Å². The molecule has 5 nitrogen and oxygen atoms in total. The van der Waals surface area contributed by atoms with Gasteiger partial charge in [-0.05, 0) is 39.8 Å². The largest absolute Gasteiger partial charge is 0.464 e. The lowest BCUT2D eigenvalue weighted by Gasteiger charge is -2.42. The summed E-state index contributed by atoms with van der Waals surface area (Å²) in [6.45, 7) is 9.37. The molecule has 1 aliphatic rings. The molecular weight excluding hydrogens is 308 g/mol. The first-order valence-electron chi connectivity index (χ1n) is 8.21. The number of hydrogen-bond donors (Lipinski definition) is 1. The van der Waals surface area contributed by atoms with Crippen molar-refractivity contribution in [1.29, 1.82) is 0 Å². The Morgan fingerprint density at radius 3 is 2.62 bits per heavy atom. The maximum Gasteiger partial charge on any atom is 0.343 e. The molecular formula is C19H24O5. The summed E-state index contributed by atoms with van der Waals surface area (Å²) in [5.41, 5.74) is -0.845. The molecule has 0 saturated carbocycles. The van der Waals surface area contributed by atoms with Crippen LogP contribution in [-0.2, 0) is 10.2 Å². The molecule has 3 rings (SSSR count). The number of aliphatic hydroxyl groups excluding tert-OH is 1. The molecule has 1 aromatic heterocycles. The highest BCUT2D eigenvalue weighted by Gasteiger charge is 2.46. The van der Waals surface area contributed by atoms with Crippen molar-refractivity contribution >= 4 is 11.0 Å². The van der Waals surface area contributed by atoms with Gasteiger partial charge in [-0.2, -0.15) is 0 Å². The van der Waals surface area contributed by atoms with Crippen LogP contribution in [0.25, 0.3) is 11.0 Å². The number of benzene rings is 1. The van der Waals surface area contributed by atoms with Crippen molar-refractivity contribution in [2.45, 2.75) is 64.4 Å². The van der Waals surface area contributed by atoms with Crippen LogP contribution in [0.15, 0.2) is 33.5 Å². The maximum atomic E-state index is 12.6. The fourth-order valence-corrected chi connectivity index (χ4v) is 3.20. The van der Waals surface area contributed by atoms with Gasteiger partial charge in [0.05, 0.1) is 22.7 Å². The summed E-state index contributed by atoms with van der Waals surface area (Å²) in [7, 11) is 0. The van der Waals surface area contributed by atoms with E-state index in [9.17, 15) is 9.90 Å². The fraction of sp³-hybridized carbons (Fsp3) is 0.526. The number of ether oxygens (including phenoxy) is 2. The summed E-state index contributed by atoms with van der Waals surface area (Å²) in [5, 5.41) is 11.1. The van der Waals surface area contributed by atoms with Crippen LogP contribution in [0.1, 0.15) is 46.6 Å². The van der Waals surface area contributed by atoms with Gasteiger partial charge in [0.1, 0.15) is 11.3 Å². The van der Waals surface area contributed by atoms with Crippen molar-refractivity contribution in [3.05, 3.63) is 40.2 Å². The van der Waals surface area contributed by atoms with Crippen molar-refractivity contribution in [3.8, 4) is 5.75 Å². The molecule has 0 spiro atoms. The second-order valence-electron chi connectivity index (χ2n) is 7.67. The molecule has 2 aromatic rings. The number of rotatable bonds is 2. The van der Waals surface area contributed by atoms with E-state index in [-0.39, 0.29) is 0 Å². The van der Waals surface area contributed by atoms with E-state index in [2.05, 4.69) is 0 Å². The quantitative estimate of drug-likeness (QED) is 0.854. The van der Waals surface area contributed by atoms with E-state index >= 15 is 0 Å². The molecule has 0 aliphatic carbocycles. The standard InChI is InChI=1S/C19H24O5/c1-11(20)19(5)10-14(24-18(2,3)4)23-16-12-8-6-7-9-13(12)22-17(21)15(16)19/h6-9,11,14,20H,10H2,1-5H3/t11-,14+,19+/m1/s1. The summed E-state index contributed by atoms with van der Waals surface area (Å²) in [5.74, 6) is 0.450. The SMILES string of the molecule is C[C@@H](O)[C@]1(C)C[C@H](OC(C)(C)C)Oc2c1c(=O)oc1ccccc21. The molecule has 130 valence electrons. The Kier molecular flexibility index (Phi) is 3.97. The molecule has 0 amide bonds. The van der Waals surface area contributed by atoms with E-state index in [1.807, 2.05) is 39.8 Å². The van der Waals surface area contributed by atoms with Gasteiger partial charge in [0.15, 0.2) is 0 Å². The van der Waals surface area contributed by atoms with Crippen LogP contribution in [0, 0.1) is 0 Å². The fourth-order valence-electron chi connectivity index (χ4n) is 3.20. The van der Waals surface area contributed by atoms with Crippen LogP contribution < -0.4 is 10.4 Å². The minimum Gasteiger partial charge on any atom is -0.464 e. The van der Waals surface area contributed by atoms with Crippen molar-refractivity contribution in [1.82, 2.24) is 0 Å². The van der Waals surface area contributed by atoms with Crippen molar-refractivity contribution in [3.63, 3.8) is 0 Å². The highest BCUT2D eigenvalue weighted by molar-refractivity contribution is 5.85. The molecule has 5 heteroatoms. The van der Waals surface area contributed by atoms with Crippen LogP contribution in [0.4, 0.5) is 0 Å². The number of para-hydroxylation sites is 1. The third kappa shape index (κ3) is 2.82. The van der Waals surface area contributed by atoms with Gasteiger partial charge in [0.25, 0.3) is 0 Å². The highest BCUT2D eigenvalue weighted by Crippen LogP contribution is 2.45. The zero-order valence-corrected chi connectivity index (χ0v) is 14.8. The number of aliphatic hydroxyl groups is 1. The first-order valence-corrected chi connectivity index (χ1v) is 8.21. The lowest BCUT2D eigenvalue weighted by Crippen LogP contribution is -2.48. The van der Waals surface area contributed by atoms with Gasteiger partial charge in [-0.3, -0.25) is 0 Å². The number of fused-ring (bicyclic) bond motifs is 3. The normalized spacial score (nSPS) is 25.2. The molecule has 1 aliphatic heterocycles. The summed E-state index contributed by atoms with van der Waals surface area (Å²) in [6, 6.07) is 7.24. The first kappa shape index (κ1) is 17.0. The average Bonchev–Trinajstić information content (AvgIpc) is 2.44. The van der Waals surface area contributed by atoms with Crippen molar-refractivity contribution in [2.75, 3.05) is 0 Å². The minimum absolute atomic E-state index is 0.373. The van der Waals surface area contributed by atoms with Gasteiger partial charge < -0.3 is 19.0 Å². The van der Waals surface area contributed by atoms with Crippen molar-refractivity contribution in [2.24, 2.45) is 0 Å². The molecule has 0 unspecified atom stereocenters. The van der Waals surface area contributed by atoms with E-state index < -0.39 is 29.0 Å². The van der Waals surface area contributed by atoms with Crippen LogP contribution in [0.3, 0.4) is 0 Å². The predicted octanol–water partition coefficient (Wildman–Crippen LogP) is 3.36. The van der Waals surface area contributed by atoms with E-state index in [1.165, 1.54) is 0 Å². The van der Waals surface area contributed by atoms with E-state index in [1.54, 1.807) is 19.1 Å². The Morgan fingerprint density at radius 1 is 1.33 bits per heavy atom. The predicted molar refractivity (Wildman–Crippen MR) is 91.4 cm³/mol. The lowest BCUT2D eigenvalue weighted by molar-refractivity contribution is -0.173. The van der Waals surface area contributed by atoms with Crippen LogP contribution in [-0.4, -0.2) is 23.1 Å². The third-order valence-electron chi connectivity index (χ3n) is 4.58. The monoisotopic (exact) mass is 332 g/mol. The Bertz CT molecular complexity index is 815. The van der Waals surface area contributed by atoms with Gasteiger partial charge in [0, 0.05) is 11.8 Å². The second-order valence-corrected chi connectivity index (χ2v) is 7.67. The highest BCUT2D eigenvalue weighted by atomic mass is 16.7. The van der Waals surface area contributed by atoms with Crippen LogP contribution in [0.5, 0.6) is 5.75 Å². The summed E-state index contributed by atoms with van der Waals surface area (Å²) in [6.07, 6.45) is -0.935. The molecule has 0 fully saturated rings. The summed E-state index contributed by atoms with van der Waals surface area (Å²) >= 11 is 0.